The third kappa shape index (κ3) is 1.96. The molecule has 3 rings (SSSR count). The number of aromatic nitrogens is 2. The minimum Gasteiger partial charge on any atom is -0.368 e. The number of hydrogen-bond acceptors (Lipinski definition) is 6. The van der Waals surface area contributed by atoms with Crippen LogP contribution in [0.15, 0.2) is 22.9 Å². The highest BCUT2D eigenvalue weighted by molar-refractivity contribution is 7.18. The van der Waals surface area contributed by atoms with Gasteiger partial charge in [0.05, 0.1) is 11.1 Å². The molecule has 6 heteroatoms. The van der Waals surface area contributed by atoms with Crippen LogP contribution in [-0.4, -0.2) is 9.97 Å². The summed E-state index contributed by atoms with van der Waals surface area (Å²) in [6.07, 6.45) is 0. The first-order valence-corrected chi connectivity index (χ1v) is 6.81. The molecule has 0 radical (unpaired) electrons. The van der Waals surface area contributed by atoms with Gasteiger partial charge in [0, 0.05) is 10.3 Å². The first kappa shape index (κ1) is 10.5. The van der Waals surface area contributed by atoms with Crippen LogP contribution in [0, 0.1) is 6.92 Å². The summed E-state index contributed by atoms with van der Waals surface area (Å²) in [6, 6.07) is 4.09. The fourth-order valence-corrected chi connectivity index (χ4v) is 3.10. The van der Waals surface area contributed by atoms with Crippen LogP contribution in [0.5, 0.6) is 0 Å². The van der Waals surface area contributed by atoms with Crippen molar-refractivity contribution in [2.24, 2.45) is 0 Å². The van der Waals surface area contributed by atoms with E-state index in [-0.39, 0.29) is 0 Å². The summed E-state index contributed by atoms with van der Waals surface area (Å²) in [6.45, 7) is 2.05. The maximum Gasteiger partial charge on any atom is 0.223 e. The average molecular weight is 262 g/mol. The molecule has 0 fully saturated rings. The van der Waals surface area contributed by atoms with Crippen molar-refractivity contribution in [2.75, 3.05) is 11.1 Å². The van der Waals surface area contributed by atoms with Gasteiger partial charge in [0.15, 0.2) is 0 Å². The first-order valence-electron chi connectivity index (χ1n) is 5.05. The summed E-state index contributed by atoms with van der Waals surface area (Å²) < 4.78 is 0. The number of hydrogen-bond donors (Lipinski definition) is 2. The van der Waals surface area contributed by atoms with Crippen LogP contribution >= 0.6 is 22.7 Å². The van der Waals surface area contributed by atoms with Gasteiger partial charge in [-0.1, -0.05) is 0 Å². The second-order valence-electron chi connectivity index (χ2n) is 3.64. The lowest BCUT2D eigenvalue weighted by atomic mass is 10.3. The fourth-order valence-electron chi connectivity index (χ4n) is 1.63. The van der Waals surface area contributed by atoms with E-state index in [2.05, 4.69) is 28.3 Å². The summed E-state index contributed by atoms with van der Waals surface area (Å²) in [7, 11) is 0. The Labute approximate surface area is 106 Å². The lowest BCUT2D eigenvalue weighted by molar-refractivity contribution is 1.25. The minimum absolute atomic E-state index is 0.303. The largest absolute Gasteiger partial charge is 0.368 e. The van der Waals surface area contributed by atoms with Crippen LogP contribution in [0.2, 0.25) is 0 Å². The van der Waals surface area contributed by atoms with Gasteiger partial charge in [-0.25, -0.2) is 4.98 Å². The summed E-state index contributed by atoms with van der Waals surface area (Å²) in [5.41, 5.74) is 6.74. The van der Waals surface area contributed by atoms with Crippen molar-refractivity contribution >= 4 is 50.3 Å². The summed E-state index contributed by atoms with van der Waals surface area (Å²) in [5.74, 6) is 1.08. The molecule has 0 spiro atoms. The highest BCUT2D eigenvalue weighted by atomic mass is 32.1. The second kappa shape index (κ2) is 3.97. The Morgan fingerprint density at radius 1 is 1.35 bits per heavy atom. The lowest BCUT2D eigenvalue weighted by Crippen LogP contribution is -1.99. The standard InChI is InChI=1S/C11H10N4S2/c1-6-4-8-9(13-7-2-3-16-5-7)14-11(12)15-10(8)17-6/h2-5H,1H3,(H3,12,13,14,15). The van der Waals surface area contributed by atoms with Gasteiger partial charge in [0.2, 0.25) is 5.95 Å². The van der Waals surface area contributed by atoms with E-state index in [0.717, 1.165) is 21.7 Å². The van der Waals surface area contributed by atoms with E-state index in [0.29, 0.717) is 5.95 Å². The number of thiophene rings is 2. The Kier molecular flexibility index (Phi) is 2.45. The van der Waals surface area contributed by atoms with E-state index in [9.17, 15) is 0 Å². The van der Waals surface area contributed by atoms with Gasteiger partial charge in [0.25, 0.3) is 0 Å². The predicted octanol–water partition coefficient (Wildman–Crippen LogP) is 3.39. The second-order valence-corrected chi connectivity index (χ2v) is 5.66. The van der Waals surface area contributed by atoms with Crippen molar-refractivity contribution in [3.05, 3.63) is 27.8 Å². The molecule has 3 aromatic heterocycles. The smallest absolute Gasteiger partial charge is 0.223 e. The number of nitrogen functional groups attached to an aromatic ring is 1. The molecule has 0 saturated heterocycles. The van der Waals surface area contributed by atoms with Gasteiger partial charge >= 0.3 is 0 Å². The number of nitrogens with two attached hydrogens (primary N) is 1. The van der Waals surface area contributed by atoms with E-state index in [1.165, 1.54) is 4.88 Å². The van der Waals surface area contributed by atoms with Gasteiger partial charge < -0.3 is 11.1 Å². The van der Waals surface area contributed by atoms with Crippen LogP contribution < -0.4 is 11.1 Å². The molecule has 86 valence electrons. The van der Waals surface area contributed by atoms with Gasteiger partial charge in [-0.05, 0) is 24.4 Å². The number of fused-ring (bicyclic) bond motifs is 1. The Balaban J connectivity index is 2.14. The molecule has 0 saturated carbocycles. The Bertz CT molecular complexity index is 657. The van der Waals surface area contributed by atoms with Gasteiger partial charge in [0.1, 0.15) is 10.6 Å². The molecule has 3 heterocycles. The van der Waals surface area contributed by atoms with Crippen LogP contribution in [0.1, 0.15) is 4.88 Å². The number of rotatable bonds is 2. The van der Waals surface area contributed by atoms with E-state index < -0.39 is 0 Å². The lowest BCUT2D eigenvalue weighted by Gasteiger charge is -2.04. The first-order chi connectivity index (χ1) is 8.22. The Morgan fingerprint density at radius 3 is 3.00 bits per heavy atom. The fraction of sp³-hybridized carbons (Fsp3) is 0.0909. The maximum atomic E-state index is 5.71. The summed E-state index contributed by atoms with van der Waals surface area (Å²) in [4.78, 5) is 10.6. The molecule has 0 aliphatic heterocycles. The molecular weight excluding hydrogens is 252 g/mol. The zero-order chi connectivity index (χ0) is 11.8. The minimum atomic E-state index is 0.303. The van der Waals surface area contributed by atoms with Gasteiger partial charge in [-0.2, -0.15) is 16.3 Å². The molecule has 0 aliphatic carbocycles. The summed E-state index contributed by atoms with van der Waals surface area (Å²) >= 11 is 3.26. The normalized spacial score (nSPS) is 10.9. The van der Waals surface area contributed by atoms with Crippen molar-refractivity contribution in [1.29, 1.82) is 0 Å². The zero-order valence-corrected chi connectivity index (χ0v) is 10.7. The topological polar surface area (TPSA) is 63.8 Å². The highest BCUT2D eigenvalue weighted by Gasteiger charge is 2.09. The van der Waals surface area contributed by atoms with E-state index in [1.807, 2.05) is 16.8 Å². The van der Waals surface area contributed by atoms with Gasteiger partial charge in [-0.3, -0.25) is 0 Å². The zero-order valence-electron chi connectivity index (χ0n) is 9.10. The molecule has 0 bridgehead atoms. The molecule has 0 aliphatic rings. The Morgan fingerprint density at radius 2 is 2.24 bits per heavy atom. The van der Waals surface area contributed by atoms with Crippen molar-refractivity contribution in [2.45, 2.75) is 6.92 Å². The molecule has 0 aromatic carbocycles. The number of anilines is 3. The monoisotopic (exact) mass is 262 g/mol. The molecule has 0 unspecified atom stereocenters. The average Bonchev–Trinajstić information content (AvgIpc) is 2.86. The van der Waals surface area contributed by atoms with Crippen molar-refractivity contribution in [3.63, 3.8) is 0 Å². The molecule has 4 nitrogen and oxygen atoms in total. The molecular formula is C11H10N4S2. The molecule has 0 amide bonds. The quantitative estimate of drug-likeness (QED) is 0.743. The number of nitrogens with one attached hydrogen (secondary N) is 1. The van der Waals surface area contributed by atoms with E-state index in [1.54, 1.807) is 22.7 Å². The van der Waals surface area contributed by atoms with Crippen molar-refractivity contribution < 1.29 is 0 Å². The number of aryl methyl sites for hydroxylation is 1. The predicted molar refractivity (Wildman–Crippen MR) is 74.2 cm³/mol. The maximum absolute atomic E-state index is 5.71. The van der Waals surface area contributed by atoms with E-state index in [4.69, 9.17) is 5.73 Å². The highest BCUT2D eigenvalue weighted by Crippen LogP contribution is 2.31. The van der Waals surface area contributed by atoms with Crippen molar-refractivity contribution in [1.82, 2.24) is 9.97 Å². The third-order valence-electron chi connectivity index (χ3n) is 2.32. The summed E-state index contributed by atoms with van der Waals surface area (Å²) in [5, 5.41) is 8.34. The van der Waals surface area contributed by atoms with Crippen LogP contribution in [-0.2, 0) is 0 Å². The number of nitrogens with zero attached hydrogens (tertiary/aromatic N) is 2. The molecule has 3 aromatic rings. The van der Waals surface area contributed by atoms with Crippen LogP contribution in [0.25, 0.3) is 10.2 Å². The molecule has 0 atom stereocenters. The van der Waals surface area contributed by atoms with Crippen LogP contribution in [0.4, 0.5) is 17.5 Å². The van der Waals surface area contributed by atoms with Crippen molar-refractivity contribution in [3.8, 4) is 0 Å². The molecule has 3 N–H and O–H groups in total. The van der Waals surface area contributed by atoms with E-state index >= 15 is 0 Å². The third-order valence-corrected chi connectivity index (χ3v) is 3.94. The van der Waals surface area contributed by atoms with Crippen LogP contribution in [0.3, 0.4) is 0 Å². The molecule has 17 heavy (non-hydrogen) atoms. The van der Waals surface area contributed by atoms with Gasteiger partial charge in [-0.15, -0.1) is 11.3 Å². The SMILES string of the molecule is Cc1cc2c(Nc3ccsc3)nc(N)nc2s1. The Hall–Kier alpha value is -1.66.